The zero-order valence-corrected chi connectivity index (χ0v) is 11.2. The minimum Gasteiger partial charge on any atom is -0.389 e. The molecule has 0 saturated carbocycles. The van der Waals surface area contributed by atoms with Crippen molar-refractivity contribution in [1.29, 1.82) is 0 Å². The molecule has 0 radical (unpaired) electrons. The molecular weight excluding hydrogens is 244 g/mol. The highest BCUT2D eigenvalue weighted by Crippen LogP contribution is 2.14. The molecule has 1 saturated heterocycles. The van der Waals surface area contributed by atoms with Gasteiger partial charge in [0.15, 0.2) is 0 Å². The van der Waals surface area contributed by atoms with Gasteiger partial charge < -0.3 is 10.6 Å². The Labute approximate surface area is 113 Å². The van der Waals surface area contributed by atoms with Crippen LogP contribution in [0.2, 0.25) is 0 Å². The number of likely N-dealkylation sites (tertiary alicyclic amines) is 1. The summed E-state index contributed by atoms with van der Waals surface area (Å²) >= 11 is 4.90. The first kappa shape index (κ1) is 13.0. The maximum atomic E-state index is 12.3. The maximum absolute atomic E-state index is 12.3. The molecule has 0 spiro atoms. The Morgan fingerprint density at radius 1 is 1.00 bits per heavy atom. The molecule has 1 aliphatic rings. The van der Waals surface area contributed by atoms with Crippen molar-refractivity contribution >= 4 is 23.1 Å². The van der Waals surface area contributed by atoms with Crippen LogP contribution in [0.5, 0.6) is 0 Å². The molecule has 1 heterocycles. The first-order valence-electron chi connectivity index (χ1n) is 6.37. The first-order valence-corrected chi connectivity index (χ1v) is 6.78. The van der Waals surface area contributed by atoms with Crippen LogP contribution in [0.1, 0.15) is 41.6 Å². The number of carbonyl (C=O) groups excluding carboxylic acids is 1. The van der Waals surface area contributed by atoms with Gasteiger partial charge in [-0.15, -0.1) is 0 Å². The van der Waals surface area contributed by atoms with Gasteiger partial charge in [-0.25, -0.2) is 0 Å². The van der Waals surface area contributed by atoms with Gasteiger partial charge in [-0.3, -0.25) is 4.79 Å². The van der Waals surface area contributed by atoms with E-state index < -0.39 is 0 Å². The lowest BCUT2D eigenvalue weighted by atomic mass is 10.1. The van der Waals surface area contributed by atoms with Crippen LogP contribution >= 0.6 is 12.2 Å². The van der Waals surface area contributed by atoms with Gasteiger partial charge in [0.1, 0.15) is 4.99 Å². The molecule has 1 amide bonds. The molecule has 2 N–H and O–H groups in total. The predicted octanol–water partition coefficient (Wildman–Crippen LogP) is 2.34. The largest absolute Gasteiger partial charge is 0.389 e. The van der Waals surface area contributed by atoms with Gasteiger partial charge >= 0.3 is 0 Å². The Morgan fingerprint density at radius 3 is 2.00 bits per heavy atom. The van der Waals surface area contributed by atoms with Crippen LogP contribution in [0.15, 0.2) is 24.3 Å². The molecule has 1 aromatic carbocycles. The van der Waals surface area contributed by atoms with Gasteiger partial charge in [-0.05, 0) is 25.0 Å². The van der Waals surface area contributed by atoms with Crippen molar-refractivity contribution in [1.82, 2.24) is 4.90 Å². The molecule has 0 aliphatic carbocycles. The molecule has 4 heteroatoms. The number of nitrogens with two attached hydrogens (primary N) is 1. The topological polar surface area (TPSA) is 46.3 Å². The van der Waals surface area contributed by atoms with Crippen molar-refractivity contribution in [3.63, 3.8) is 0 Å². The molecule has 2 rings (SSSR count). The summed E-state index contributed by atoms with van der Waals surface area (Å²) in [5, 5.41) is 0. The van der Waals surface area contributed by atoms with Gasteiger partial charge in [0.2, 0.25) is 0 Å². The molecule has 1 aliphatic heterocycles. The van der Waals surface area contributed by atoms with E-state index in [2.05, 4.69) is 0 Å². The Balaban J connectivity index is 2.10. The second-order valence-corrected chi connectivity index (χ2v) is 5.09. The Bertz CT molecular complexity index is 434. The van der Waals surface area contributed by atoms with E-state index in [1.807, 2.05) is 29.2 Å². The van der Waals surface area contributed by atoms with E-state index in [4.69, 9.17) is 18.0 Å². The Morgan fingerprint density at radius 2 is 1.50 bits per heavy atom. The van der Waals surface area contributed by atoms with Crippen molar-refractivity contribution in [2.24, 2.45) is 5.73 Å². The molecule has 0 aromatic heterocycles. The SMILES string of the molecule is NC(=S)c1ccc(C(=O)N2CCCCCC2)cc1. The fourth-order valence-electron chi connectivity index (χ4n) is 2.23. The fourth-order valence-corrected chi connectivity index (χ4v) is 2.37. The molecule has 0 atom stereocenters. The van der Waals surface area contributed by atoms with Crippen molar-refractivity contribution in [3.8, 4) is 0 Å². The average Bonchev–Trinajstić information content (AvgIpc) is 2.67. The summed E-state index contributed by atoms with van der Waals surface area (Å²) in [4.78, 5) is 14.6. The van der Waals surface area contributed by atoms with Crippen molar-refractivity contribution in [3.05, 3.63) is 35.4 Å². The number of nitrogens with zero attached hydrogens (tertiary/aromatic N) is 1. The Hall–Kier alpha value is -1.42. The third kappa shape index (κ3) is 3.07. The van der Waals surface area contributed by atoms with Gasteiger partial charge in [-0.1, -0.05) is 37.2 Å². The van der Waals surface area contributed by atoms with E-state index in [1.54, 1.807) is 0 Å². The second-order valence-electron chi connectivity index (χ2n) is 4.65. The molecule has 0 unspecified atom stereocenters. The van der Waals surface area contributed by atoms with Gasteiger partial charge in [0.25, 0.3) is 5.91 Å². The number of rotatable bonds is 2. The summed E-state index contributed by atoms with van der Waals surface area (Å²) in [5.74, 6) is 0.117. The van der Waals surface area contributed by atoms with Crippen molar-refractivity contribution in [2.45, 2.75) is 25.7 Å². The molecule has 3 nitrogen and oxygen atoms in total. The highest BCUT2D eigenvalue weighted by Gasteiger charge is 2.16. The van der Waals surface area contributed by atoms with Crippen molar-refractivity contribution < 1.29 is 4.79 Å². The van der Waals surface area contributed by atoms with E-state index in [9.17, 15) is 4.79 Å². The zero-order valence-electron chi connectivity index (χ0n) is 10.4. The number of benzene rings is 1. The average molecular weight is 262 g/mol. The standard InChI is InChI=1S/C14H18N2OS/c15-13(18)11-5-7-12(8-6-11)14(17)16-9-3-1-2-4-10-16/h5-8H,1-4,9-10H2,(H2,15,18). The number of hydrogen-bond acceptors (Lipinski definition) is 2. The van der Waals surface area contributed by atoms with E-state index in [1.165, 1.54) is 12.8 Å². The van der Waals surface area contributed by atoms with Gasteiger partial charge in [0.05, 0.1) is 0 Å². The van der Waals surface area contributed by atoms with Crippen LogP contribution in [0, 0.1) is 0 Å². The summed E-state index contributed by atoms with van der Waals surface area (Å²) < 4.78 is 0. The molecule has 96 valence electrons. The van der Waals surface area contributed by atoms with Crippen LogP contribution < -0.4 is 5.73 Å². The number of amides is 1. The summed E-state index contributed by atoms with van der Waals surface area (Å²) in [5.41, 5.74) is 7.06. The fraction of sp³-hybridized carbons (Fsp3) is 0.429. The van der Waals surface area contributed by atoms with E-state index in [0.717, 1.165) is 37.1 Å². The molecular formula is C14H18N2OS. The summed E-state index contributed by atoms with van der Waals surface area (Å²) in [6, 6.07) is 7.24. The summed E-state index contributed by atoms with van der Waals surface area (Å²) in [6.45, 7) is 1.74. The van der Waals surface area contributed by atoms with Crippen LogP contribution in [0.25, 0.3) is 0 Å². The lowest BCUT2D eigenvalue weighted by molar-refractivity contribution is 0.0761. The Kier molecular flexibility index (Phi) is 4.31. The van der Waals surface area contributed by atoms with Gasteiger partial charge in [-0.2, -0.15) is 0 Å². The molecule has 18 heavy (non-hydrogen) atoms. The maximum Gasteiger partial charge on any atom is 0.253 e. The highest BCUT2D eigenvalue weighted by molar-refractivity contribution is 7.80. The first-order chi connectivity index (χ1) is 8.68. The lowest BCUT2D eigenvalue weighted by Gasteiger charge is -2.20. The lowest BCUT2D eigenvalue weighted by Crippen LogP contribution is -2.31. The summed E-state index contributed by atoms with van der Waals surface area (Å²) in [7, 11) is 0. The monoisotopic (exact) mass is 262 g/mol. The minimum atomic E-state index is 0.117. The quantitative estimate of drug-likeness (QED) is 0.832. The number of thiocarbonyl (C=S) groups is 1. The summed E-state index contributed by atoms with van der Waals surface area (Å²) in [6.07, 6.45) is 4.67. The molecule has 1 aromatic rings. The smallest absolute Gasteiger partial charge is 0.253 e. The van der Waals surface area contributed by atoms with Crippen LogP contribution in [0.4, 0.5) is 0 Å². The third-order valence-corrected chi connectivity index (χ3v) is 3.55. The molecule has 0 bridgehead atoms. The van der Waals surface area contributed by atoms with Crippen LogP contribution in [-0.4, -0.2) is 28.9 Å². The highest BCUT2D eigenvalue weighted by atomic mass is 32.1. The number of carbonyl (C=O) groups is 1. The number of hydrogen-bond donors (Lipinski definition) is 1. The van der Waals surface area contributed by atoms with Crippen LogP contribution in [-0.2, 0) is 0 Å². The predicted molar refractivity (Wildman–Crippen MR) is 76.7 cm³/mol. The molecule has 1 fully saturated rings. The van der Waals surface area contributed by atoms with E-state index in [-0.39, 0.29) is 5.91 Å². The van der Waals surface area contributed by atoms with Gasteiger partial charge in [0, 0.05) is 24.2 Å². The second kappa shape index (κ2) is 5.96. The zero-order chi connectivity index (χ0) is 13.0. The van der Waals surface area contributed by atoms with E-state index in [0.29, 0.717) is 4.99 Å². The third-order valence-electron chi connectivity index (χ3n) is 3.31. The van der Waals surface area contributed by atoms with Crippen molar-refractivity contribution in [2.75, 3.05) is 13.1 Å². The van der Waals surface area contributed by atoms with Crippen LogP contribution in [0.3, 0.4) is 0 Å². The minimum absolute atomic E-state index is 0.117. The normalized spacial score (nSPS) is 16.1. The van der Waals surface area contributed by atoms with E-state index >= 15 is 0 Å².